The minimum atomic E-state index is -1.51. The van der Waals surface area contributed by atoms with Crippen LogP contribution in [0.1, 0.15) is 15.9 Å². The summed E-state index contributed by atoms with van der Waals surface area (Å²) in [6, 6.07) is 6.21. The van der Waals surface area contributed by atoms with Crippen molar-refractivity contribution in [2.24, 2.45) is 0 Å². The van der Waals surface area contributed by atoms with Crippen molar-refractivity contribution in [3.63, 3.8) is 0 Å². The van der Waals surface area contributed by atoms with Crippen molar-refractivity contribution < 1.29 is 24.2 Å². The minimum absolute atomic E-state index is 0.384. The van der Waals surface area contributed by atoms with Gasteiger partial charge in [-0.1, -0.05) is 18.2 Å². The number of ketones is 1. The van der Waals surface area contributed by atoms with Crippen molar-refractivity contribution in [2.75, 3.05) is 7.11 Å². The molecular weight excluding hydrogens is 224 g/mol. The van der Waals surface area contributed by atoms with Gasteiger partial charge in [0.15, 0.2) is 0 Å². The number of carbonyl (C=O) groups excluding carboxylic acids is 2. The highest BCUT2D eigenvalue weighted by Crippen LogP contribution is 2.07. The highest BCUT2D eigenvalue weighted by Gasteiger charge is 2.06. The molecule has 5 nitrogen and oxygen atoms in total. The van der Waals surface area contributed by atoms with Crippen LogP contribution in [0.4, 0.5) is 0 Å². The quantitative estimate of drug-likeness (QED) is 0.480. The first-order chi connectivity index (χ1) is 8.04. The largest absolute Gasteiger partial charge is 0.475 e. The monoisotopic (exact) mass is 234 g/mol. The number of carboxylic acids is 1. The van der Waals surface area contributed by atoms with Crippen LogP contribution in [-0.4, -0.2) is 29.9 Å². The lowest BCUT2D eigenvalue weighted by molar-refractivity contribution is -0.146. The van der Waals surface area contributed by atoms with E-state index >= 15 is 0 Å². The Bertz CT molecular complexity index is 470. The lowest BCUT2D eigenvalue weighted by Gasteiger charge is -1.98. The molecule has 0 radical (unpaired) electrons. The Morgan fingerprint density at radius 3 is 2.24 bits per heavy atom. The summed E-state index contributed by atoms with van der Waals surface area (Å²) in [7, 11) is 1.28. The topological polar surface area (TPSA) is 80.7 Å². The Balaban J connectivity index is 2.78. The lowest BCUT2D eigenvalue weighted by atomic mass is 10.1. The van der Waals surface area contributed by atoms with Gasteiger partial charge in [-0.15, -0.1) is 0 Å². The van der Waals surface area contributed by atoms with Gasteiger partial charge in [-0.05, 0) is 23.8 Å². The van der Waals surface area contributed by atoms with E-state index < -0.39 is 17.7 Å². The highest BCUT2D eigenvalue weighted by molar-refractivity contribution is 6.38. The summed E-state index contributed by atoms with van der Waals surface area (Å²) in [5.74, 6) is -2.96. The van der Waals surface area contributed by atoms with Crippen molar-refractivity contribution in [3.05, 3.63) is 41.5 Å². The Kier molecular flexibility index (Phi) is 4.16. The van der Waals surface area contributed by atoms with Gasteiger partial charge in [0, 0.05) is 0 Å². The van der Waals surface area contributed by atoms with E-state index in [-0.39, 0.29) is 0 Å². The highest BCUT2D eigenvalue weighted by atomic mass is 16.5. The summed E-state index contributed by atoms with van der Waals surface area (Å²) in [5, 5.41) is 8.35. The predicted octanol–water partition coefficient (Wildman–Crippen LogP) is 1.14. The summed E-state index contributed by atoms with van der Waals surface area (Å²) in [4.78, 5) is 32.1. The van der Waals surface area contributed by atoms with Gasteiger partial charge in [-0.25, -0.2) is 9.59 Å². The SMILES string of the molecule is COC(=O)c1ccc(/C=C/C(=O)C(=O)O)cc1. The van der Waals surface area contributed by atoms with Crippen LogP contribution in [0.3, 0.4) is 0 Å². The van der Waals surface area contributed by atoms with E-state index in [1.54, 1.807) is 12.1 Å². The first kappa shape index (κ1) is 12.6. The molecule has 0 aliphatic carbocycles. The first-order valence-corrected chi connectivity index (χ1v) is 4.68. The standard InChI is InChI=1S/C12H10O5/c1-17-12(16)9-5-2-8(3-6-9)4-7-10(13)11(14)15/h2-7H,1H3,(H,14,15)/b7-4+. The Morgan fingerprint density at radius 2 is 1.76 bits per heavy atom. The molecule has 1 N–H and O–H groups in total. The van der Waals surface area contributed by atoms with E-state index in [0.717, 1.165) is 6.08 Å². The van der Waals surface area contributed by atoms with Gasteiger partial charge in [-0.2, -0.15) is 0 Å². The molecule has 0 aliphatic heterocycles. The lowest BCUT2D eigenvalue weighted by Crippen LogP contribution is -2.08. The van der Waals surface area contributed by atoms with Gasteiger partial charge in [0.25, 0.3) is 5.78 Å². The summed E-state index contributed by atoms with van der Waals surface area (Å²) in [5.41, 5.74) is 1.00. The second-order valence-corrected chi connectivity index (χ2v) is 3.12. The van der Waals surface area contributed by atoms with Crippen LogP contribution in [0.25, 0.3) is 6.08 Å². The van der Waals surface area contributed by atoms with Crippen LogP contribution in [0.15, 0.2) is 30.3 Å². The van der Waals surface area contributed by atoms with Gasteiger partial charge in [-0.3, -0.25) is 4.79 Å². The van der Waals surface area contributed by atoms with Crippen molar-refractivity contribution >= 4 is 23.8 Å². The van der Waals surface area contributed by atoms with E-state index in [4.69, 9.17) is 5.11 Å². The average molecular weight is 234 g/mol. The molecule has 0 heterocycles. The molecule has 0 aliphatic rings. The van der Waals surface area contributed by atoms with Crippen LogP contribution in [0, 0.1) is 0 Å². The molecule has 0 saturated carbocycles. The van der Waals surface area contributed by atoms with E-state index in [1.807, 2.05) is 0 Å². The molecule has 1 rings (SSSR count). The molecule has 5 heteroatoms. The molecule has 0 spiro atoms. The maximum atomic E-state index is 11.1. The average Bonchev–Trinajstić information content (AvgIpc) is 2.35. The molecule has 0 saturated heterocycles. The molecule has 0 atom stereocenters. The number of carbonyl (C=O) groups is 3. The van der Waals surface area contributed by atoms with E-state index in [0.29, 0.717) is 11.1 Å². The third-order valence-electron chi connectivity index (χ3n) is 1.97. The van der Waals surface area contributed by atoms with E-state index in [9.17, 15) is 14.4 Å². The number of hydrogen-bond donors (Lipinski definition) is 1. The fraction of sp³-hybridized carbons (Fsp3) is 0.0833. The van der Waals surface area contributed by atoms with E-state index in [2.05, 4.69) is 4.74 Å². The van der Waals surface area contributed by atoms with Crippen LogP contribution < -0.4 is 0 Å². The first-order valence-electron chi connectivity index (χ1n) is 4.68. The van der Waals surface area contributed by atoms with Gasteiger partial charge in [0.2, 0.25) is 0 Å². The zero-order valence-electron chi connectivity index (χ0n) is 9.04. The maximum Gasteiger partial charge on any atom is 0.376 e. The van der Waals surface area contributed by atoms with Crippen molar-refractivity contribution in [2.45, 2.75) is 0 Å². The van der Waals surface area contributed by atoms with Gasteiger partial charge < -0.3 is 9.84 Å². The second kappa shape index (κ2) is 5.60. The maximum absolute atomic E-state index is 11.1. The number of benzene rings is 1. The number of hydrogen-bond acceptors (Lipinski definition) is 4. The summed E-state index contributed by atoms with van der Waals surface area (Å²) in [6.07, 6.45) is 2.31. The molecule has 0 unspecified atom stereocenters. The van der Waals surface area contributed by atoms with Crippen LogP contribution in [-0.2, 0) is 14.3 Å². The van der Waals surface area contributed by atoms with Crippen molar-refractivity contribution in [1.82, 2.24) is 0 Å². The normalized spacial score (nSPS) is 10.2. The van der Waals surface area contributed by atoms with Crippen LogP contribution in [0.2, 0.25) is 0 Å². The van der Waals surface area contributed by atoms with Gasteiger partial charge >= 0.3 is 11.9 Å². The van der Waals surface area contributed by atoms with Gasteiger partial charge in [0.05, 0.1) is 12.7 Å². The zero-order chi connectivity index (χ0) is 12.8. The summed E-state index contributed by atoms with van der Waals surface area (Å²) >= 11 is 0. The molecule has 0 fully saturated rings. The smallest absolute Gasteiger partial charge is 0.376 e. The molecule has 0 aromatic heterocycles. The van der Waals surface area contributed by atoms with Crippen molar-refractivity contribution in [1.29, 1.82) is 0 Å². The Labute approximate surface area is 97.3 Å². The second-order valence-electron chi connectivity index (χ2n) is 3.12. The molecule has 0 bridgehead atoms. The number of esters is 1. The van der Waals surface area contributed by atoms with E-state index in [1.165, 1.54) is 25.3 Å². The summed E-state index contributed by atoms with van der Waals surface area (Å²) in [6.45, 7) is 0. The number of aliphatic carboxylic acids is 1. The number of rotatable bonds is 4. The molecule has 17 heavy (non-hydrogen) atoms. The minimum Gasteiger partial charge on any atom is -0.475 e. The Morgan fingerprint density at radius 1 is 1.18 bits per heavy atom. The fourth-order valence-corrected chi connectivity index (χ4v) is 1.09. The number of ether oxygens (including phenoxy) is 1. The zero-order valence-corrected chi connectivity index (χ0v) is 9.04. The fourth-order valence-electron chi connectivity index (χ4n) is 1.09. The Hall–Kier alpha value is -2.43. The summed E-state index contributed by atoms with van der Waals surface area (Å²) < 4.78 is 4.52. The number of carboxylic acid groups (broad SMARTS) is 1. The third kappa shape index (κ3) is 3.57. The third-order valence-corrected chi connectivity index (χ3v) is 1.97. The van der Waals surface area contributed by atoms with Crippen LogP contribution in [0.5, 0.6) is 0 Å². The molecular formula is C12H10O5. The van der Waals surface area contributed by atoms with Crippen molar-refractivity contribution in [3.8, 4) is 0 Å². The van der Waals surface area contributed by atoms with Gasteiger partial charge in [0.1, 0.15) is 0 Å². The molecule has 1 aromatic rings. The molecule has 88 valence electrons. The predicted molar refractivity (Wildman–Crippen MR) is 59.5 cm³/mol. The molecule has 0 amide bonds. The number of methoxy groups -OCH3 is 1. The molecule has 1 aromatic carbocycles. The van der Waals surface area contributed by atoms with Crippen LogP contribution >= 0.6 is 0 Å².